The van der Waals surface area contributed by atoms with Crippen LogP contribution in [0.5, 0.6) is 5.75 Å². The Bertz CT molecular complexity index is 349. The summed E-state index contributed by atoms with van der Waals surface area (Å²) in [5.74, 6) is 0.503. The lowest BCUT2D eigenvalue weighted by Gasteiger charge is -2.01. The number of hydrogen-bond acceptors (Lipinski definition) is 3. The Hall–Kier alpha value is -1.77. The Balaban J connectivity index is 2.92. The first-order valence-electron chi connectivity index (χ1n) is 4.19. The van der Waals surface area contributed by atoms with Gasteiger partial charge in [-0.1, -0.05) is 0 Å². The highest BCUT2D eigenvalue weighted by Crippen LogP contribution is 2.16. The van der Waals surface area contributed by atoms with E-state index in [1.807, 2.05) is 0 Å². The number of benzene rings is 1. The van der Waals surface area contributed by atoms with Crippen molar-refractivity contribution in [1.82, 2.24) is 0 Å². The molecule has 0 spiro atoms. The Morgan fingerprint density at radius 3 is 2.36 bits per heavy atom. The summed E-state index contributed by atoms with van der Waals surface area (Å²) in [7, 11) is 1.57. The molecule has 1 N–H and O–H groups in total. The molecule has 0 bridgehead atoms. The number of rotatable bonds is 3. The molecule has 0 unspecified atom stereocenters. The molecule has 0 aliphatic heterocycles. The number of ketones is 1. The summed E-state index contributed by atoms with van der Waals surface area (Å²) < 4.78 is 4.96. The molecule has 1 aromatic rings. The predicted octanol–water partition coefficient (Wildman–Crippen LogP) is 2.18. The summed E-state index contributed by atoms with van der Waals surface area (Å²) in [4.78, 5) is 10.7. The van der Waals surface area contributed by atoms with Crippen LogP contribution in [0.1, 0.15) is 12.5 Å². The van der Waals surface area contributed by atoms with E-state index in [1.54, 1.807) is 31.4 Å². The monoisotopic (exact) mass is 192 g/mol. The van der Waals surface area contributed by atoms with Gasteiger partial charge in [-0.05, 0) is 31.2 Å². The van der Waals surface area contributed by atoms with Crippen molar-refractivity contribution in [3.63, 3.8) is 0 Å². The first-order chi connectivity index (χ1) is 6.63. The van der Waals surface area contributed by atoms with Crippen LogP contribution >= 0.6 is 0 Å². The van der Waals surface area contributed by atoms with E-state index >= 15 is 0 Å². The highest BCUT2D eigenvalue weighted by Gasteiger charge is 2.00. The molecule has 0 saturated heterocycles. The van der Waals surface area contributed by atoms with Gasteiger partial charge in [0.1, 0.15) is 11.5 Å². The maximum atomic E-state index is 10.7. The normalized spacial score (nSPS) is 11.1. The second kappa shape index (κ2) is 4.46. The van der Waals surface area contributed by atoms with Crippen LogP contribution < -0.4 is 4.74 Å². The van der Waals surface area contributed by atoms with Crippen LogP contribution in [-0.4, -0.2) is 18.0 Å². The zero-order chi connectivity index (χ0) is 10.6. The molecule has 0 heterocycles. The Kier molecular flexibility index (Phi) is 3.29. The minimum atomic E-state index is -0.182. The lowest BCUT2D eigenvalue weighted by molar-refractivity contribution is -0.112. The molecule has 74 valence electrons. The molecule has 0 aliphatic rings. The first kappa shape index (κ1) is 10.3. The van der Waals surface area contributed by atoms with Gasteiger partial charge in [-0.15, -0.1) is 0 Å². The maximum Gasteiger partial charge on any atom is 0.156 e. The Morgan fingerprint density at radius 1 is 1.36 bits per heavy atom. The van der Waals surface area contributed by atoms with Crippen LogP contribution in [0.2, 0.25) is 0 Å². The predicted molar refractivity (Wildman–Crippen MR) is 54.3 cm³/mol. The molecule has 0 fully saturated rings. The Morgan fingerprint density at radius 2 is 1.93 bits per heavy atom. The molecule has 1 rings (SSSR count). The molecule has 14 heavy (non-hydrogen) atoms. The van der Waals surface area contributed by atoms with Crippen LogP contribution in [0.15, 0.2) is 30.3 Å². The fourth-order valence-corrected chi connectivity index (χ4v) is 1.04. The van der Waals surface area contributed by atoms with E-state index < -0.39 is 0 Å². The minimum Gasteiger partial charge on any atom is -0.507 e. The smallest absolute Gasteiger partial charge is 0.156 e. The molecule has 3 nitrogen and oxygen atoms in total. The van der Waals surface area contributed by atoms with Crippen LogP contribution in [0.4, 0.5) is 0 Å². The SMILES string of the molecule is COc1ccc(/C(O)=C/C(C)=O)cc1. The third-order valence-electron chi connectivity index (χ3n) is 1.73. The summed E-state index contributed by atoms with van der Waals surface area (Å²) in [6.07, 6.45) is 1.18. The number of hydrogen-bond donors (Lipinski definition) is 1. The summed E-state index contributed by atoms with van der Waals surface area (Å²) in [5, 5.41) is 9.45. The summed E-state index contributed by atoms with van der Waals surface area (Å²) >= 11 is 0. The molecule has 1 aromatic carbocycles. The van der Waals surface area contributed by atoms with E-state index in [0.717, 1.165) is 0 Å². The fraction of sp³-hybridized carbons (Fsp3) is 0.182. The van der Waals surface area contributed by atoms with Gasteiger partial charge in [0.15, 0.2) is 5.78 Å². The summed E-state index contributed by atoms with van der Waals surface area (Å²) in [6, 6.07) is 6.82. The van der Waals surface area contributed by atoms with E-state index in [9.17, 15) is 9.90 Å². The number of allylic oxidation sites excluding steroid dienone is 1. The lowest BCUT2D eigenvalue weighted by atomic mass is 10.1. The molecular formula is C11H12O3. The van der Waals surface area contributed by atoms with Gasteiger partial charge in [0.25, 0.3) is 0 Å². The standard InChI is InChI=1S/C11H12O3/c1-8(12)7-11(13)9-3-5-10(14-2)6-4-9/h3-7,13H,1-2H3/b11-7-. The van der Waals surface area contributed by atoms with Gasteiger partial charge < -0.3 is 9.84 Å². The Labute approximate surface area is 82.6 Å². The number of methoxy groups -OCH3 is 1. The van der Waals surface area contributed by atoms with Crippen LogP contribution in [0.25, 0.3) is 5.76 Å². The molecule has 0 saturated carbocycles. The number of carbonyl (C=O) groups is 1. The van der Waals surface area contributed by atoms with E-state index in [4.69, 9.17) is 4.74 Å². The molecule has 0 radical (unpaired) electrons. The number of carbonyl (C=O) groups excluding carboxylic acids is 1. The fourth-order valence-electron chi connectivity index (χ4n) is 1.04. The highest BCUT2D eigenvalue weighted by atomic mass is 16.5. The van der Waals surface area contributed by atoms with Gasteiger partial charge in [-0.2, -0.15) is 0 Å². The van der Waals surface area contributed by atoms with Gasteiger partial charge in [0, 0.05) is 11.6 Å². The van der Waals surface area contributed by atoms with Crippen molar-refractivity contribution in [2.75, 3.05) is 7.11 Å². The molecular weight excluding hydrogens is 180 g/mol. The average molecular weight is 192 g/mol. The average Bonchev–Trinajstić information content (AvgIpc) is 2.17. The van der Waals surface area contributed by atoms with E-state index in [2.05, 4.69) is 0 Å². The molecule has 0 aromatic heterocycles. The van der Waals surface area contributed by atoms with Gasteiger partial charge in [-0.3, -0.25) is 4.79 Å². The zero-order valence-electron chi connectivity index (χ0n) is 8.15. The summed E-state index contributed by atoms with van der Waals surface area (Å²) in [6.45, 7) is 1.39. The van der Waals surface area contributed by atoms with Crippen LogP contribution in [-0.2, 0) is 4.79 Å². The second-order valence-electron chi connectivity index (χ2n) is 2.87. The highest BCUT2D eigenvalue weighted by molar-refractivity contribution is 5.93. The second-order valence-corrected chi connectivity index (χ2v) is 2.87. The quantitative estimate of drug-likeness (QED) is 0.589. The van der Waals surface area contributed by atoms with E-state index in [-0.39, 0.29) is 11.5 Å². The lowest BCUT2D eigenvalue weighted by Crippen LogP contribution is -1.89. The third-order valence-corrected chi connectivity index (χ3v) is 1.73. The minimum absolute atomic E-state index is 0.0276. The van der Waals surface area contributed by atoms with E-state index in [0.29, 0.717) is 11.3 Å². The van der Waals surface area contributed by atoms with Crippen molar-refractivity contribution in [1.29, 1.82) is 0 Å². The molecule has 3 heteroatoms. The van der Waals surface area contributed by atoms with Gasteiger partial charge in [0.05, 0.1) is 7.11 Å². The van der Waals surface area contributed by atoms with Crippen LogP contribution in [0, 0.1) is 0 Å². The van der Waals surface area contributed by atoms with Crippen molar-refractivity contribution >= 4 is 11.5 Å². The third kappa shape index (κ3) is 2.62. The van der Waals surface area contributed by atoms with Crippen molar-refractivity contribution in [3.05, 3.63) is 35.9 Å². The largest absolute Gasteiger partial charge is 0.507 e. The van der Waals surface area contributed by atoms with Gasteiger partial charge >= 0.3 is 0 Å². The number of aliphatic hydroxyl groups excluding tert-OH is 1. The molecule has 0 aliphatic carbocycles. The first-order valence-corrected chi connectivity index (χ1v) is 4.19. The number of ether oxygens (including phenoxy) is 1. The van der Waals surface area contributed by atoms with Crippen molar-refractivity contribution in [3.8, 4) is 5.75 Å². The molecule has 0 atom stereocenters. The van der Waals surface area contributed by atoms with Crippen molar-refractivity contribution in [2.45, 2.75) is 6.92 Å². The van der Waals surface area contributed by atoms with Crippen molar-refractivity contribution < 1.29 is 14.6 Å². The van der Waals surface area contributed by atoms with Gasteiger partial charge in [0.2, 0.25) is 0 Å². The maximum absolute atomic E-state index is 10.7. The topological polar surface area (TPSA) is 46.5 Å². The molecule has 0 amide bonds. The van der Waals surface area contributed by atoms with Crippen molar-refractivity contribution in [2.24, 2.45) is 0 Å². The van der Waals surface area contributed by atoms with E-state index in [1.165, 1.54) is 13.0 Å². The summed E-state index contributed by atoms with van der Waals surface area (Å²) in [5.41, 5.74) is 0.598. The zero-order valence-corrected chi connectivity index (χ0v) is 8.15. The number of aliphatic hydroxyl groups is 1. The van der Waals surface area contributed by atoms with Crippen LogP contribution in [0.3, 0.4) is 0 Å². The van der Waals surface area contributed by atoms with Gasteiger partial charge in [-0.25, -0.2) is 0 Å².